The molecule has 0 unspecified atom stereocenters. The maximum absolute atomic E-state index is 13.8. The molecule has 7 rings (SSSR count). The van der Waals surface area contributed by atoms with Crippen LogP contribution in [-0.4, -0.2) is 113 Å². The van der Waals surface area contributed by atoms with Gasteiger partial charge in [-0.2, -0.15) is 0 Å². The Balaban J connectivity index is 1.03. The van der Waals surface area contributed by atoms with Crippen LogP contribution in [0.25, 0.3) is 11.1 Å². The van der Waals surface area contributed by atoms with E-state index in [1.54, 1.807) is 19.1 Å². The second kappa shape index (κ2) is 18.9. The normalized spacial score (nSPS) is 27.1. The number of aliphatic hydroxyl groups is 1. The van der Waals surface area contributed by atoms with E-state index in [0.717, 1.165) is 43.2 Å². The number of likely N-dealkylation sites (tertiary alicyclic amines) is 1. The lowest BCUT2D eigenvalue weighted by Crippen LogP contribution is -2.65. The quantitative estimate of drug-likeness (QED) is 0.114. The minimum atomic E-state index is -1.53. The van der Waals surface area contributed by atoms with E-state index in [2.05, 4.69) is 73.2 Å². The maximum atomic E-state index is 13.8. The summed E-state index contributed by atoms with van der Waals surface area (Å²) in [5, 5.41) is 20.9. The fourth-order valence-electron chi connectivity index (χ4n) is 9.79. The highest BCUT2D eigenvalue weighted by molar-refractivity contribution is 6.47. The van der Waals surface area contributed by atoms with Gasteiger partial charge in [-0.15, -0.1) is 0 Å². The van der Waals surface area contributed by atoms with E-state index in [0.29, 0.717) is 17.4 Å². The molecule has 5 aliphatic rings. The maximum Gasteiger partial charge on any atom is 0.481 e. The molecule has 16 nitrogen and oxygen atoms in total. The number of primary amides is 1. The largest absolute Gasteiger partial charge is 0.481 e. The predicted molar refractivity (Wildman–Crippen MR) is 233 cm³/mol. The summed E-state index contributed by atoms with van der Waals surface area (Å²) in [6.45, 7) is 13.2. The molecule has 3 aliphatic carbocycles. The molecule has 2 heterocycles. The number of unbranched alkanes of at least 4 members (excludes halogenated alkanes) is 1. The second-order valence-electron chi connectivity index (χ2n) is 18.7. The molecule has 0 spiro atoms. The van der Waals surface area contributed by atoms with Crippen LogP contribution < -0.4 is 32.7 Å². The number of rotatable bonds is 17. The van der Waals surface area contributed by atoms with Gasteiger partial charge in [0, 0.05) is 18.2 Å². The van der Waals surface area contributed by atoms with E-state index >= 15 is 0 Å². The number of nitrogens with one attached hydrogen (secondary N) is 4. The van der Waals surface area contributed by atoms with Crippen molar-refractivity contribution in [2.75, 3.05) is 6.54 Å². The van der Waals surface area contributed by atoms with Gasteiger partial charge in [0.2, 0.25) is 29.5 Å². The molecule has 6 amide bonds. The zero-order valence-corrected chi connectivity index (χ0v) is 36.9. The molecule has 0 aromatic heterocycles. The van der Waals surface area contributed by atoms with Crippen LogP contribution in [0.2, 0.25) is 0 Å². The van der Waals surface area contributed by atoms with Crippen molar-refractivity contribution in [1.82, 2.24) is 26.2 Å². The highest BCUT2D eigenvalue weighted by Gasteiger charge is 2.68. The van der Waals surface area contributed by atoms with Crippen molar-refractivity contribution in [3.8, 4) is 11.1 Å². The Morgan fingerprint density at radius 1 is 0.871 bits per heavy atom. The molecule has 336 valence electrons. The van der Waals surface area contributed by atoms with Crippen LogP contribution in [0.1, 0.15) is 103 Å². The summed E-state index contributed by atoms with van der Waals surface area (Å²) in [6, 6.07) is 9.65. The summed E-state index contributed by atoms with van der Waals surface area (Å²) in [5.74, 6) is -4.20. The summed E-state index contributed by atoms with van der Waals surface area (Å²) < 4.78 is 12.7. The second-order valence-corrected chi connectivity index (χ2v) is 18.7. The molecule has 11 atom stereocenters. The molecule has 2 aromatic rings. The van der Waals surface area contributed by atoms with Gasteiger partial charge in [-0.25, -0.2) is 0 Å². The van der Waals surface area contributed by atoms with Gasteiger partial charge in [0.25, 0.3) is 5.91 Å². The number of carbonyl (C=O) groups excluding carboxylic acids is 6. The van der Waals surface area contributed by atoms with Gasteiger partial charge in [0.05, 0.1) is 30.2 Å². The van der Waals surface area contributed by atoms with Crippen molar-refractivity contribution in [2.45, 2.75) is 147 Å². The lowest BCUT2D eigenvalue weighted by atomic mass is 9.43. The van der Waals surface area contributed by atoms with Gasteiger partial charge in [0.15, 0.2) is 0 Å². The Morgan fingerprint density at radius 3 is 2.11 bits per heavy atom. The van der Waals surface area contributed by atoms with Crippen LogP contribution in [-0.2, 0) is 39.7 Å². The predicted octanol–water partition coefficient (Wildman–Crippen LogP) is 1.74. The van der Waals surface area contributed by atoms with Crippen molar-refractivity contribution in [1.29, 1.82) is 0 Å². The van der Waals surface area contributed by atoms with Crippen molar-refractivity contribution >= 4 is 42.6 Å². The molecule has 2 aliphatic heterocycles. The Hall–Kier alpha value is -4.84. The standard InChI is InChI=1S/C45H64BN7O9/c1-8-9-10-27-11-13-28(14-12-27)29-15-17-30(18-16-29)43(60)53-23-32(47)21-34(53)41(58)52-38(25(3)54)42(59)49-24(2)39(56)51-33(22-37(48)55)40(57)50-26(4)46-61-36-20-31-19-35(44(31,5)6)45(36,7)62-46/h11-18,24-26,31-36,38,54H,8-10,19-23,47H2,1-7H3,(H2,48,55)(H,49,59)(H,50,57)(H,51,56)(H,52,58)/t24-,25+,26-,31-,32-,33-,34-,35-,36+,38-,45-/m0/s1. The fourth-order valence-corrected chi connectivity index (χ4v) is 9.79. The third kappa shape index (κ3) is 9.85. The number of aliphatic hydroxyl groups excluding tert-OH is 1. The average Bonchev–Trinajstić information content (AvgIpc) is 3.81. The zero-order valence-electron chi connectivity index (χ0n) is 36.9. The summed E-state index contributed by atoms with van der Waals surface area (Å²) in [7, 11) is -0.750. The molecular formula is C45H64BN7O9. The van der Waals surface area contributed by atoms with Crippen molar-refractivity contribution in [3.05, 3.63) is 59.7 Å². The van der Waals surface area contributed by atoms with Gasteiger partial charge in [-0.1, -0.05) is 63.6 Å². The van der Waals surface area contributed by atoms with Crippen molar-refractivity contribution in [2.24, 2.45) is 28.7 Å². The number of nitrogens with two attached hydrogens (primary N) is 2. The first kappa shape index (κ1) is 46.7. The van der Waals surface area contributed by atoms with E-state index in [9.17, 15) is 33.9 Å². The highest BCUT2D eigenvalue weighted by atomic mass is 16.7. The van der Waals surface area contributed by atoms with Crippen LogP contribution in [0, 0.1) is 17.3 Å². The Kier molecular flexibility index (Phi) is 14.2. The molecule has 2 saturated heterocycles. The molecule has 62 heavy (non-hydrogen) atoms. The number of aryl methyl sites for hydroxylation is 1. The average molecular weight is 858 g/mol. The van der Waals surface area contributed by atoms with Gasteiger partial charge in [0.1, 0.15) is 24.2 Å². The first-order chi connectivity index (χ1) is 29.2. The van der Waals surface area contributed by atoms with E-state index in [1.807, 2.05) is 12.1 Å². The van der Waals surface area contributed by atoms with Crippen molar-refractivity contribution < 1.29 is 43.2 Å². The minimum absolute atomic E-state index is 0.0965. The first-order valence-electron chi connectivity index (χ1n) is 22.0. The fraction of sp³-hybridized carbons (Fsp3) is 0.600. The molecule has 2 bridgehead atoms. The number of nitrogens with zero attached hydrogens (tertiary/aromatic N) is 1. The molecule has 3 saturated carbocycles. The minimum Gasteiger partial charge on any atom is -0.404 e. The van der Waals surface area contributed by atoms with E-state index in [1.165, 1.54) is 24.3 Å². The van der Waals surface area contributed by atoms with E-state index in [-0.39, 0.29) is 24.5 Å². The molecule has 0 radical (unpaired) electrons. The Morgan fingerprint density at radius 2 is 1.52 bits per heavy atom. The van der Waals surface area contributed by atoms with Crippen LogP contribution in [0.15, 0.2) is 48.5 Å². The van der Waals surface area contributed by atoms with Crippen LogP contribution in [0.4, 0.5) is 0 Å². The van der Waals surface area contributed by atoms with E-state index < -0.39 is 96.8 Å². The molecule has 2 aromatic carbocycles. The van der Waals surface area contributed by atoms with E-state index in [4.69, 9.17) is 20.8 Å². The third-order valence-electron chi connectivity index (χ3n) is 13.7. The monoisotopic (exact) mass is 857 g/mol. The zero-order chi connectivity index (χ0) is 45.3. The van der Waals surface area contributed by atoms with Gasteiger partial charge in [-0.3, -0.25) is 28.8 Å². The number of hydrogen-bond donors (Lipinski definition) is 7. The Bertz CT molecular complexity index is 2000. The number of benzene rings is 2. The number of amides is 6. The van der Waals surface area contributed by atoms with Gasteiger partial charge < -0.3 is 52.0 Å². The third-order valence-corrected chi connectivity index (χ3v) is 13.7. The van der Waals surface area contributed by atoms with Gasteiger partial charge >= 0.3 is 7.12 Å². The summed E-state index contributed by atoms with van der Waals surface area (Å²) in [6.07, 6.45) is 3.24. The van der Waals surface area contributed by atoms with Crippen LogP contribution >= 0.6 is 0 Å². The molecular weight excluding hydrogens is 793 g/mol. The lowest BCUT2D eigenvalue weighted by molar-refractivity contribution is -0.199. The summed E-state index contributed by atoms with van der Waals surface area (Å²) in [4.78, 5) is 81.2. The first-order valence-corrected chi connectivity index (χ1v) is 22.0. The molecule has 17 heteroatoms. The summed E-state index contributed by atoms with van der Waals surface area (Å²) in [5.41, 5.74) is 14.9. The lowest BCUT2D eigenvalue weighted by Gasteiger charge is -2.64. The number of hydrogen-bond acceptors (Lipinski definition) is 10. The van der Waals surface area contributed by atoms with Gasteiger partial charge in [-0.05, 0) is 106 Å². The topological polar surface area (TPSA) is 245 Å². The van der Waals surface area contributed by atoms with Crippen molar-refractivity contribution in [3.63, 3.8) is 0 Å². The SMILES string of the molecule is CCCCc1ccc(-c2ccc(C(=O)N3C[C@@H](N)C[C@H]3C(=O)N[C@H](C(=O)N[C@@H](C)C(=O)N[C@@H](CC(N)=O)C(=O)N[C@@H](C)B3O[C@@H]4C[C@@H]5C[C@@H](C5(C)C)[C@]4(C)O3)[C@@H](C)O)cc2)cc1. The van der Waals surface area contributed by atoms with Crippen LogP contribution in [0.3, 0.4) is 0 Å². The highest BCUT2D eigenvalue weighted by Crippen LogP contribution is 2.65. The summed E-state index contributed by atoms with van der Waals surface area (Å²) >= 11 is 0. The number of carbonyl (C=O) groups is 6. The molecule has 9 N–H and O–H groups in total. The Labute approximate surface area is 364 Å². The van der Waals surface area contributed by atoms with Crippen LogP contribution in [0.5, 0.6) is 0 Å². The smallest absolute Gasteiger partial charge is 0.404 e. The molecule has 5 fully saturated rings.